The van der Waals surface area contributed by atoms with Crippen LogP contribution < -0.4 is 0 Å². The van der Waals surface area contributed by atoms with E-state index in [1.807, 2.05) is 0 Å². The molecule has 0 radical (unpaired) electrons. The van der Waals surface area contributed by atoms with Gasteiger partial charge in [0, 0.05) is 26.2 Å². The van der Waals surface area contributed by atoms with Crippen molar-refractivity contribution in [1.82, 2.24) is 0 Å². The zero-order chi connectivity index (χ0) is 9.05. The van der Waals surface area contributed by atoms with Crippen LogP contribution in [0.15, 0.2) is 0 Å². The van der Waals surface area contributed by atoms with E-state index in [0.29, 0.717) is 0 Å². The molecule has 3 heteroatoms. The molecule has 0 spiro atoms. The fraction of sp³-hybridized carbons (Fsp3) is 0.909. The maximum Gasteiger partial charge on any atom is 0.309 e. The third-order valence-corrected chi connectivity index (χ3v) is 4.49. The van der Waals surface area contributed by atoms with Gasteiger partial charge in [0.05, 0.1) is 5.41 Å². The summed E-state index contributed by atoms with van der Waals surface area (Å²) in [4.78, 5) is 11.3. The monoisotopic (exact) mass is 270 g/mol. The minimum absolute atomic E-state index is 0. The molecule has 0 amide bonds. The van der Waals surface area contributed by atoms with Gasteiger partial charge < -0.3 is 5.11 Å². The first-order valence-electron chi connectivity index (χ1n) is 5.41. The molecule has 4 rings (SSSR count). The van der Waals surface area contributed by atoms with Crippen molar-refractivity contribution < 1.29 is 36.1 Å². The van der Waals surface area contributed by atoms with Gasteiger partial charge in [-0.2, -0.15) is 0 Å². The van der Waals surface area contributed by atoms with Crippen molar-refractivity contribution in [2.45, 2.75) is 38.5 Å². The molecule has 0 aromatic heterocycles. The SMILES string of the molecule is O=C(O)C12CC3CC(CC(C3)C1)C2.[Zr]. The molecular formula is C11H16O2Zr. The van der Waals surface area contributed by atoms with E-state index in [4.69, 9.17) is 0 Å². The summed E-state index contributed by atoms with van der Waals surface area (Å²) >= 11 is 0. The molecule has 4 fully saturated rings. The first kappa shape index (κ1) is 10.9. The molecule has 0 heterocycles. The predicted molar refractivity (Wildman–Crippen MR) is 48.2 cm³/mol. The Morgan fingerprint density at radius 1 is 1.00 bits per heavy atom. The number of carbonyl (C=O) groups is 1. The summed E-state index contributed by atoms with van der Waals surface area (Å²) in [6, 6.07) is 0. The molecule has 14 heavy (non-hydrogen) atoms. The molecule has 0 atom stereocenters. The maximum absolute atomic E-state index is 11.3. The molecule has 0 aliphatic heterocycles. The van der Waals surface area contributed by atoms with E-state index >= 15 is 0 Å². The topological polar surface area (TPSA) is 37.3 Å². The molecule has 0 aromatic carbocycles. The van der Waals surface area contributed by atoms with Crippen LogP contribution in [-0.4, -0.2) is 11.1 Å². The minimum Gasteiger partial charge on any atom is -0.481 e. The van der Waals surface area contributed by atoms with E-state index in [0.717, 1.165) is 37.0 Å². The van der Waals surface area contributed by atoms with Crippen LogP contribution in [-0.2, 0) is 31.0 Å². The summed E-state index contributed by atoms with van der Waals surface area (Å²) in [5.74, 6) is 1.75. The second kappa shape index (κ2) is 3.44. The van der Waals surface area contributed by atoms with Crippen molar-refractivity contribution in [3.63, 3.8) is 0 Å². The molecule has 0 aromatic rings. The average Bonchev–Trinajstić information content (AvgIpc) is 2.00. The van der Waals surface area contributed by atoms with Crippen LogP contribution in [0.25, 0.3) is 0 Å². The second-order valence-electron chi connectivity index (χ2n) is 5.50. The smallest absolute Gasteiger partial charge is 0.309 e. The van der Waals surface area contributed by atoms with Gasteiger partial charge in [-0.25, -0.2) is 0 Å². The predicted octanol–water partition coefficient (Wildman–Crippen LogP) is 2.28. The van der Waals surface area contributed by atoms with Gasteiger partial charge in [-0.3, -0.25) is 4.79 Å². The molecule has 0 unspecified atom stereocenters. The van der Waals surface area contributed by atoms with Crippen LogP contribution in [0.1, 0.15) is 38.5 Å². The van der Waals surface area contributed by atoms with E-state index in [9.17, 15) is 9.90 Å². The summed E-state index contributed by atoms with van der Waals surface area (Å²) < 4.78 is 0. The standard InChI is InChI=1S/C11H16O2.Zr/c12-10(13)11-4-7-1-8(5-11)3-9(2-7)6-11;/h7-9H,1-6H2,(H,12,13);. The van der Waals surface area contributed by atoms with E-state index in [-0.39, 0.29) is 31.6 Å². The zero-order valence-electron chi connectivity index (χ0n) is 8.33. The van der Waals surface area contributed by atoms with Crippen molar-refractivity contribution in [2.24, 2.45) is 23.2 Å². The van der Waals surface area contributed by atoms with E-state index in [1.54, 1.807) is 0 Å². The Hall–Kier alpha value is 0.353. The molecule has 4 aliphatic carbocycles. The summed E-state index contributed by atoms with van der Waals surface area (Å²) in [6.45, 7) is 0. The first-order valence-corrected chi connectivity index (χ1v) is 5.41. The number of rotatable bonds is 1. The number of carboxylic acid groups (broad SMARTS) is 1. The molecule has 4 aliphatic rings. The minimum atomic E-state index is -0.508. The number of hydrogen-bond acceptors (Lipinski definition) is 1. The Kier molecular flexibility index (Phi) is 2.66. The van der Waals surface area contributed by atoms with Crippen molar-refractivity contribution in [1.29, 1.82) is 0 Å². The molecule has 0 saturated heterocycles. The largest absolute Gasteiger partial charge is 0.481 e. The molecule has 76 valence electrons. The molecule has 2 nitrogen and oxygen atoms in total. The molecule has 4 saturated carbocycles. The van der Waals surface area contributed by atoms with Gasteiger partial charge in [0.15, 0.2) is 0 Å². The van der Waals surface area contributed by atoms with Gasteiger partial charge in [-0.15, -0.1) is 0 Å². The number of aliphatic carboxylic acids is 1. The number of carboxylic acids is 1. The van der Waals surface area contributed by atoms with Crippen molar-refractivity contribution in [3.8, 4) is 0 Å². The molecular weight excluding hydrogens is 255 g/mol. The van der Waals surface area contributed by atoms with E-state index in [1.165, 1.54) is 19.3 Å². The van der Waals surface area contributed by atoms with Crippen LogP contribution in [0, 0.1) is 23.2 Å². The van der Waals surface area contributed by atoms with Crippen molar-refractivity contribution in [2.75, 3.05) is 0 Å². The Balaban J connectivity index is 0.000000750. The first-order chi connectivity index (χ1) is 6.18. The Morgan fingerprint density at radius 2 is 1.36 bits per heavy atom. The normalized spacial score (nSPS) is 48.7. The van der Waals surface area contributed by atoms with Gasteiger partial charge in [-0.1, -0.05) is 0 Å². The van der Waals surface area contributed by atoms with E-state index < -0.39 is 5.97 Å². The Labute approximate surface area is 104 Å². The van der Waals surface area contributed by atoms with Gasteiger partial charge in [0.2, 0.25) is 0 Å². The third kappa shape index (κ3) is 1.43. The zero-order valence-corrected chi connectivity index (χ0v) is 10.8. The fourth-order valence-electron chi connectivity index (χ4n) is 4.37. The van der Waals surface area contributed by atoms with Gasteiger partial charge in [0.1, 0.15) is 0 Å². The van der Waals surface area contributed by atoms with E-state index in [2.05, 4.69) is 0 Å². The summed E-state index contributed by atoms with van der Waals surface area (Å²) in [5, 5.41) is 9.28. The average molecular weight is 271 g/mol. The Morgan fingerprint density at radius 3 is 1.64 bits per heavy atom. The van der Waals surface area contributed by atoms with Crippen LogP contribution in [0.3, 0.4) is 0 Å². The van der Waals surface area contributed by atoms with Crippen LogP contribution in [0.2, 0.25) is 0 Å². The van der Waals surface area contributed by atoms with Gasteiger partial charge >= 0.3 is 5.97 Å². The van der Waals surface area contributed by atoms with Gasteiger partial charge in [0.25, 0.3) is 0 Å². The molecule has 4 bridgehead atoms. The van der Waals surface area contributed by atoms with Crippen molar-refractivity contribution >= 4 is 5.97 Å². The summed E-state index contributed by atoms with van der Waals surface area (Å²) in [7, 11) is 0. The number of hydrogen-bond donors (Lipinski definition) is 1. The second-order valence-corrected chi connectivity index (χ2v) is 5.50. The van der Waals surface area contributed by atoms with Crippen LogP contribution in [0.5, 0.6) is 0 Å². The van der Waals surface area contributed by atoms with Gasteiger partial charge in [-0.05, 0) is 56.3 Å². The third-order valence-electron chi connectivity index (χ3n) is 4.49. The summed E-state index contributed by atoms with van der Waals surface area (Å²) in [6.07, 6.45) is 6.92. The summed E-state index contributed by atoms with van der Waals surface area (Å²) in [5.41, 5.74) is -0.283. The quantitative estimate of drug-likeness (QED) is 0.794. The van der Waals surface area contributed by atoms with Crippen LogP contribution >= 0.6 is 0 Å². The van der Waals surface area contributed by atoms with Crippen LogP contribution in [0.4, 0.5) is 0 Å². The Bertz CT molecular complexity index is 227. The fourth-order valence-corrected chi connectivity index (χ4v) is 4.37. The maximum atomic E-state index is 11.3. The molecule has 1 N–H and O–H groups in total. The van der Waals surface area contributed by atoms with Crippen molar-refractivity contribution in [3.05, 3.63) is 0 Å².